The van der Waals surface area contributed by atoms with Crippen LogP contribution in [0.2, 0.25) is 0 Å². The normalized spacial score (nSPS) is 20.7. The lowest BCUT2D eigenvalue weighted by Gasteiger charge is -2.04. The molecule has 0 aliphatic carbocycles. The molecule has 0 bridgehead atoms. The Labute approximate surface area is 67.5 Å². The first-order chi connectivity index (χ1) is 5.27. The molecule has 0 unspecified atom stereocenters. The number of fused-ring (bicyclic) bond motifs is 1. The number of nitrogens with zero attached hydrogens (tertiary/aromatic N) is 4. The molecule has 2 rings (SSSR count). The van der Waals surface area contributed by atoms with E-state index >= 15 is 0 Å². The molecule has 0 atom stereocenters. The van der Waals surface area contributed by atoms with Crippen LogP contribution in [0.4, 0.5) is 0 Å². The molecule has 0 radical (unpaired) electrons. The Hall–Kier alpha value is -1.43. The van der Waals surface area contributed by atoms with Crippen LogP contribution in [0.1, 0.15) is 0 Å². The molecular formula is C5H3N5S. The van der Waals surface area contributed by atoms with E-state index in [4.69, 9.17) is 18.0 Å². The second-order valence-electron chi connectivity index (χ2n) is 1.94. The van der Waals surface area contributed by atoms with E-state index in [9.17, 15) is 0 Å². The summed E-state index contributed by atoms with van der Waals surface area (Å²) >= 11 is 4.72. The number of amidine groups is 2. The summed E-state index contributed by atoms with van der Waals surface area (Å²) < 4.78 is 0. The minimum atomic E-state index is 0.204. The van der Waals surface area contributed by atoms with Gasteiger partial charge in [0, 0.05) is 0 Å². The molecule has 0 saturated heterocycles. The van der Waals surface area contributed by atoms with E-state index in [1.165, 1.54) is 6.34 Å². The van der Waals surface area contributed by atoms with Crippen LogP contribution in [0.15, 0.2) is 20.0 Å². The van der Waals surface area contributed by atoms with E-state index < -0.39 is 0 Å². The Morgan fingerprint density at radius 3 is 3.00 bits per heavy atom. The summed E-state index contributed by atoms with van der Waals surface area (Å²) in [5.41, 5.74) is 5.99. The van der Waals surface area contributed by atoms with Crippen LogP contribution in [-0.2, 0) is 0 Å². The van der Waals surface area contributed by atoms with Crippen molar-refractivity contribution >= 4 is 41.1 Å². The van der Waals surface area contributed by atoms with Crippen LogP contribution in [0.3, 0.4) is 0 Å². The van der Waals surface area contributed by atoms with E-state index in [0.29, 0.717) is 11.5 Å². The van der Waals surface area contributed by atoms with Crippen LogP contribution in [-0.4, -0.2) is 28.8 Å². The predicted octanol–water partition coefficient (Wildman–Crippen LogP) is -0.476. The van der Waals surface area contributed by atoms with Crippen molar-refractivity contribution in [3.63, 3.8) is 0 Å². The van der Waals surface area contributed by atoms with Gasteiger partial charge in [-0.25, -0.2) is 9.98 Å². The molecule has 54 valence electrons. The summed E-state index contributed by atoms with van der Waals surface area (Å²) in [6.07, 6.45) is 1.38. The van der Waals surface area contributed by atoms with Gasteiger partial charge < -0.3 is 5.73 Å². The van der Waals surface area contributed by atoms with Crippen LogP contribution >= 0.6 is 12.2 Å². The summed E-state index contributed by atoms with van der Waals surface area (Å²) in [5, 5.41) is 0.204. The average molecular weight is 165 g/mol. The first-order valence-electron chi connectivity index (χ1n) is 2.85. The number of hydrogen-bond acceptors (Lipinski definition) is 4. The van der Waals surface area contributed by atoms with E-state index in [0.717, 1.165) is 0 Å². The van der Waals surface area contributed by atoms with Gasteiger partial charge in [0.05, 0.1) is 0 Å². The third kappa shape index (κ3) is 0.874. The minimum absolute atomic E-state index is 0.204. The first-order valence-corrected chi connectivity index (χ1v) is 3.26. The quantitative estimate of drug-likeness (QED) is 0.492. The fourth-order valence-corrected chi connectivity index (χ4v) is 0.979. The zero-order chi connectivity index (χ0) is 7.84. The number of nitrogens with two attached hydrogens (primary N) is 1. The maximum atomic E-state index is 5.48. The summed E-state index contributed by atoms with van der Waals surface area (Å²) in [5.74, 6) is 0.750. The highest BCUT2D eigenvalue weighted by molar-refractivity contribution is 7.80. The van der Waals surface area contributed by atoms with Crippen molar-refractivity contribution in [1.29, 1.82) is 0 Å². The zero-order valence-corrected chi connectivity index (χ0v) is 6.17. The van der Waals surface area contributed by atoms with Crippen LogP contribution in [0.5, 0.6) is 0 Å². The van der Waals surface area contributed by atoms with Crippen molar-refractivity contribution in [2.24, 2.45) is 25.7 Å². The summed E-state index contributed by atoms with van der Waals surface area (Å²) in [7, 11) is 0. The van der Waals surface area contributed by atoms with Gasteiger partial charge in [0.1, 0.15) is 6.34 Å². The molecule has 0 aromatic rings. The van der Waals surface area contributed by atoms with Crippen molar-refractivity contribution in [3.8, 4) is 0 Å². The van der Waals surface area contributed by atoms with Crippen molar-refractivity contribution in [2.75, 3.05) is 0 Å². The SMILES string of the molecule is NC1=NC(=S)N=C2N=CN=C12. The molecule has 11 heavy (non-hydrogen) atoms. The highest BCUT2D eigenvalue weighted by Crippen LogP contribution is 2.02. The lowest BCUT2D eigenvalue weighted by Crippen LogP contribution is -2.32. The number of rotatable bonds is 0. The van der Waals surface area contributed by atoms with Crippen molar-refractivity contribution in [1.82, 2.24) is 0 Å². The Kier molecular flexibility index (Phi) is 1.16. The third-order valence-corrected chi connectivity index (χ3v) is 1.42. The molecule has 2 aliphatic heterocycles. The summed E-state index contributed by atoms with van der Waals surface area (Å²) in [6.45, 7) is 0. The van der Waals surface area contributed by atoms with Crippen molar-refractivity contribution in [2.45, 2.75) is 0 Å². The molecule has 5 nitrogen and oxygen atoms in total. The molecule has 0 spiro atoms. The topological polar surface area (TPSA) is 75.5 Å². The van der Waals surface area contributed by atoms with Gasteiger partial charge in [0.15, 0.2) is 17.4 Å². The number of hydrogen-bond donors (Lipinski definition) is 1. The maximum absolute atomic E-state index is 5.48. The highest BCUT2D eigenvalue weighted by Gasteiger charge is 2.20. The molecule has 0 fully saturated rings. The van der Waals surface area contributed by atoms with Crippen molar-refractivity contribution in [3.05, 3.63) is 0 Å². The standard InChI is InChI=1S/C5H3N5S/c6-3-2-4(8-1-7-2)10-5(11)9-3/h1H,(H2,6,9,11). The fraction of sp³-hybridized carbons (Fsp3) is 0. The summed E-state index contributed by atoms with van der Waals surface area (Å²) in [6, 6.07) is 0. The lowest BCUT2D eigenvalue weighted by atomic mass is 10.3. The second kappa shape index (κ2) is 2.03. The third-order valence-electron chi connectivity index (χ3n) is 1.24. The summed E-state index contributed by atoms with van der Waals surface area (Å²) in [4.78, 5) is 15.3. The van der Waals surface area contributed by atoms with Gasteiger partial charge in [-0.05, 0) is 12.2 Å². The van der Waals surface area contributed by atoms with Gasteiger partial charge in [-0.15, -0.1) is 0 Å². The van der Waals surface area contributed by atoms with Crippen LogP contribution in [0, 0.1) is 0 Å². The second-order valence-corrected chi connectivity index (χ2v) is 2.30. The fourth-order valence-electron chi connectivity index (χ4n) is 0.794. The molecule has 0 aromatic carbocycles. The lowest BCUT2D eigenvalue weighted by molar-refractivity contribution is 1.52. The van der Waals surface area contributed by atoms with Gasteiger partial charge in [-0.1, -0.05) is 0 Å². The average Bonchev–Trinajstić information content (AvgIpc) is 2.34. The van der Waals surface area contributed by atoms with E-state index in [1.54, 1.807) is 0 Å². The zero-order valence-electron chi connectivity index (χ0n) is 5.35. The predicted molar refractivity (Wildman–Crippen MR) is 47.6 cm³/mol. The molecule has 2 heterocycles. The van der Waals surface area contributed by atoms with Gasteiger partial charge in [0.25, 0.3) is 0 Å². The van der Waals surface area contributed by atoms with Gasteiger partial charge in [0.2, 0.25) is 5.11 Å². The molecular weight excluding hydrogens is 162 g/mol. The Balaban J connectivity index is 2.54. The number of aliphatic imine (C=N–C) groups is 4. The molecule has 0 saturated carbocycles. The first kappa shape index (κ1) is 6.29. The Morgan fingerprint density at radius 2 is 2.18 bits per heavy atom. The Morgan fingerprint density at radius 1 is 1.36 bits per heavy atom. The van der Waals surface area contributed by atoms with Gasteiger partial charge >= 0.3 is 0 Å². The smallest absolute Gasteiger partial charge is 0.223 e. The van der Waals surface area contributed by atoms with E-state index in [-0.39, 0.29) is 10.9 Å². The van der Waals surface area contributed by atoms with Gasteiger partial charge in [-0.2, -0.15) is 9.98 Å². The van der Waals surface area contributed by atoms with Crippen LogP contribution < -0.4 is 5.73 Å². The molecule has 0 aromatic heterocycles. The largest absolute Gasteiger partial charge is 0.382 e. The minimum Gasteiger partial charge on any atom is -0.382 e. The Bertz CT molecular complexity index is 348. The number of thiocarbonyl (C=S) groups is 1. The molecule has 2 N–H and O–H groups in total. The molecule has 2 aliphatic rings. The van der Waals surface area contributed by atoms with E-state index in [1.807, 2.05) is 0 Å². The maximum Gasteiger partial charge on any atom is 0.223 e. The molecule has 0 amide bonds. The van der Waals surface area contributed by atoms with Gasteiger partial charge in [-0.3, -0.25) is 0 Å². The van der Waals surface area contributed by atoms with E-state index in [2.05, 4.69) is 20.0 Å². The highest BCUT2D eigenvalue weighted by atomic mass is 32.1. The van der Waals surface area contributed by atoms with Crippen LogP contribution in [0.25, 0.3) is 0 Å². The monoisotopic (exact) mass is 165 g/mol. The molecule has 6 heteroatoms. The van der Waals surface area contributed by atoms with Crippen molar-refractivity contribution < 1.29 is 0 Å².